The summed E-state index contributed by atoms with van der Waals surface area (Å²) in [5.41, 5.74) is 1.18. The Morgan fingerprint density at radius 3 is 2.28 bits per heavy atom. The zero-order valence-corrected chi connectivity index (χ0v) is 14.2. The number of hydrogen-bond donors (Lipinski definition) is 1. The zero-order chi connectivity index (χ0) is 17.2. The molecule has 0 aliphatic carbocycles. The van der Waals surface area contributed by atoms with Gasteiger partial charge in [0.25, 0.3) is 0 Å². The molecule has 1 aromatic carbocycles. The summed E-state index contributed by atoms with van der Waals surface area (Å²) in [5.74, 6) is 2.10. The van der Waals surface area contributed by atoms with Gasteiger partial charge in [-0.3, -0.25) is 0 Å². The molecule has 2 aromatic rings. The highest BCUT2D eigenvalue weighted by Gasteiger charge is 2.26. The fourth-order valence-corrected chi connectivity index (χ4v) is 3.75. The van der Waals surface area contributed by atoms with Crippen LogP contribution in [0.25, 0.3) is 0 Å². The first kappa shape index (κ1) is 16.3. The second-order valence-corrected chi connectivity index (χ2v) is 6.94. The third kappa shape index (κ3) is 3.58. The first-order chi connectivity index (χ1) is 12.2. The molecule has 4 rings (SSSR count). The number of aliphatic hydroxyl groups excluding tert-OH is 1. The van der Waals surface area contributed by atoms with Gasteiger partial charge in [-0.25, -0.2) is 14.4 Å². The molecule has 0 spiro atoms. The molecule has 25 heavy (non-hydrogen) atoms. The second kappa shape index (κ2) is 6.96. The Kier molecular flexibility index (Phi) is 4.53. The molecule has 132 valence electrons. The van der Waals surface area contributed by atoms with Crippen LogP contribution < -0.4 is 9.80 Å². The highest BCUT2D eigenvalue weighted by molar-refractivity contribution is 5.51. The molecular formula is C19H23FN4O. The molecule has 0 bridgehead atoms. The maximum Gasteiger partial charge on any atom is 0.134 e. The fraction of sp³-hybridized carbons (Fsp3) is 0.474. The molecule has 1 N–H and O–H groups in total. The normalized spacial score (nSPS) is 21.8. The van der Waals surface area contributed by atoms with E-state index in [0.29, 0.717) is 5.92 Å². The van der Waals surface area contributed by atoms with E-state index in [9.17, 15) is 9.50 Å². The van der Waals surface area contributed by atoms with Gasteiger partial charge in [0.05, 0.1) is 6.10 Å². The monoisotopic (exact) mass is 342 g/mol. The maximum absolute atomic E-state index is 13.1. The third-order valence-electron chi connectivity index (χ3n) is 5.28. The quantitative estimate of drug-likeness (QED) is 0.929. The van der Waals surface area contributed by atoms with Gasteiger partial charge >= 0.3 is 0 Å². The Bertz CT molecular complexity index is 716. The van der Waals surface area contributed by atoms with E-state index >= 15 is 0 Å². The van der Waals surface area contributed by atoms with E-state index in [4.69, 9.17) is 0 Å². The molecular weight excluding hydrogens is 319 g/mol. The molecule has 2 aliphatic rings. The molecule has 0 amide bonds. The van der Waals surface area contributed by atoms with E-state index in [1.165, 1.54) is 17.7 Å². The van der Waals surface area contributed by atoms with Gasteiger partial charge in [0.15, 0.2) is 0 Å². The van der Waals surface area contributed by atoms with Gasteiger partial charge in [0.2, 0.25) is 0 Å². The lowest BCUT2D eigenvalue weighted by atomic mass is 9.99. The summed E-state index contributed by atoms with van der Waals surface area (Å²) in [4.78, 5) is 13.4. The summed E-state index contributed by atoms with van der Waals surface area (Å²) in [7, 11) is 0. The summed E-state index contributed by atoms with van der Waals surface area (Å²) in [6, 6.07) is 8.88. The van der Waals surface area contributed by atoms with Crippen LogP contribution in [-0.4, -0.2) is 47.4 Å². The lowest BCUT2D eigenvalue weighted by molar-refractivity contribution is 0.145. The highest BCUT2D eigenvalue weighted by atomic mass is 19.1. The molecule has 3 heterocycles. The average Bonchev–Trinajstić information content (AvgIpc) is 3.13. The Hall–Kier alpha value is -2.21. The van der Waals surface area contributed by atoms with Crippen LogP contribution in [0.15, 0.2) is 36.7 Å². The minimum atomic E-state index is -0.189. The van der Waals surface area contributed by atoms with Crippen molar-refractivity contribution >= 4 is 11.6 Å². The Morgan fingerprint density at radius 1 is 0.920 bits per heavy atom. The van der Waals surface area contributed by atoms with Crippen LogP contribution in [0.5, 0.6) is 0 Å². The SMILES string of the molecule is OC1CCN(c2cc(N3CCC(c4ccc(F)cc4)C3)ncn2)CC1. The summed E-state index contributed by atoms with van der Waals surface area (Å²) < 4.78 is 13.1. The predicted octanol–water partition coefficient (Wildman–Crippen LogP) is 2.57. The fourth-order valence-electron chi connectivity index (χ4n) is 3.75. The van der Waals surface area contributed by atoms with E-state index in [2.05, 4.69) is 19.8 Å². The van der Waals surface area contributed by atoms with E-state index in [0.717, 1.165) is 57.1 Å². The minimum Gasteiger partial charge on any atom is -0.393 e. The number of benzene rings is 1. The molecule has 0 saturated carbocycles. The summed E-state index contributed by atoms with van der Waals surface area (Å²) in [6.07, 6.45) is 4.06. The molecule has 1 atom stereocenters. The molecule has 2 saturated heterocycles. The Labute approximate surface area is 147 Å². The van der Waals surface area contributed by atoms with Crippen LogP contribution in [0.2, 0.25) is 0 Å². The number of rotatable bonds is 3. The smallest absolute Gasteiger partial charge is 0.134 e. The maximum atomic E-state index is 13.1. The summed E-state index contributed by atoms with van der Waals surface area (Å²) >= 11 is 0. The van der Waals surface area contributed by atoms with Crippen molar-refractivity contribution in [1.82, 2.24) is 9.97 Å². The number of nitrogens with zero attached hydrogens (tertiary/aromatic N) is 4. The zero-order valence-electron chi connectivity index (χ0n) is 14.2. The number of piperidine rings is 1. The molecule has 2 aliphatic heterocycles. The van der Waals surface area contributed by atoms with Crippen molar-refractivity contribution in [2.24, 2.45) is 0 Å². The molecule has 6 heteroatoms. The Balaban J connectivity index is 1.45. The lowest BCUT2D eigenvalue weighted by Crippen LogP contribution is -2.36. The van der Waals surface area contributed by atoms with Crippen molar-refractivity contribution in [2.75, 3.05) is 36.0 Å². The number of aliphatic hydroxyl groups is 1. The standard InChI is InChI=1S/C19H23FN4O/c20-16-3-1-14(2-4-16)15-5-8-24(12-15)19-11-18(21-13-22-19)23-9-6-17(25)7-10-23/h1-4,11,13,15,17,25H,5-10,12H2. The first-order valence-electron chi connectivity index (χ1n) is 8.94. The van der Waals surface area contributed by atoms with E-state index in [-0.39, 0.29) is 11.9 Å². The van der Waals surface area contributed by atoms with Crippen molar-refractivity contribution in [3.05, 3.63) is 48.0 Å². The minimum absolute atomic E-state index is 0.187. The summed E-state index contributed by atoms with van der Waals surface area (Å²) in [5, 5.41) is 9.66. The molecule has 5 nitrogen and oxygen atoms in total. The first-order valence-corrected chi connectivity index (χ1v) is 8.94. The van der Waals surface area contributed by atoms with Gasteiger partial charge < -0.3 is 14.9 Å². The van der Waals surface area contributed by atoms with Crippen LogP contribution in [0.1, 0.15) is 30.7 Å². The van der Waals surface area contributed by atoms with Crippen molar-refractivity contribution in [3.8, 4) is 0 Å². The van der Waals surface area contributed by atoms with Crippen molar-refractivity contribution in [1.29, 1.82) is 0 Å². The van der Waals surface area contributed by atoms with E-state index < -0.39 is 0 Å². The number of hydrogen-bond acceptors (Lipinski definition) is 5. The van der Waals surface area contributed by atoms with Crippen molar-refractivity contribution in [3.63, 3.8) is 0 Å². The second-order valence-electron chi connectivity index (χ2n) is 6.94. The molecule has 1 unspecified atom stereocenters. The molecule has 2 fully saturated rings. The van der Waals surface area contributed by atoms with Crippen LogP contribution >= 0.6 is 0 Å². The Morgan fingerprint density at radius 2 is 1.56 bits per heavy atom. The molecule has 0 radical (unpaired) electrons. The topological polar surface area (TPSA) is 52.5 Å². The van der Waals surface area contributed by atoms with Crippen LogP contribution in [0, 0.1) is 5.82 Å². The number of aromatic nitrogens is 2. The predicted molar refractivity (Wildman–Crippen MR) is 95.5 cm³/mol. The largest absolute Gasteiger partial charge is 0.393 e. The number of halogens is 1. The third-order valence-corrected chi connectivity index (χ3v) is 5.28. The lowest BCUT2D eigenvalue weighted by Gasteiger charge is -2.31. The summed E-state index contributed by atoms with van der Waals surface area (Å²) in [6.45, 7) is 3.49. The average molecular weight is 342 g/mol. The van der Waals surface area contributed by atoms with Crippen LogP contribution in [0.4, 0.5) is 16.0 Å². The van der Waals surface area contributed by atoms with Gasteiger partial charge in [-0.15, -0.1) is 0 Å². The van der Waals surface area contributed by atoms with Gasteiger partial charge in [-0.1, -0.05) is 12.1 Å². The van der Waals surface area contributed by atoms with Crippen LogP contribution in [-0.2, 0) is 0 Å². The number of anilines is 2. The van der Waals surface area contributed by atoms with Crippen molar-refractivity contribution in [2.45, 2.75) is 31.3 Å². The van der Waals surface area contributed by atoms with Gasteiger partial charge in [0, 0.05) is 38.2 Å². The van der Waals surface area contributed by atoms with Gasteiger partial charge in [0.1, 0.15) is 23.8 Å². The van der Waals surface area contributed by atoms with Gasteiger partial charge in [-0.2, -0.15) is 0 Å². The van der Waals surface area contributed by atoms with E-state index in [1.807, 2.05) is 18.2 Å². The highest BCUT2D eigenvalue weighted by Crippen LogP contribution is 2.31. The van der Waals surface area contributed by atoms with Gasteiger partial charge in [-0.05, 0) is 37.0 Å². The molecule has 1 aromatic heterocycles. The van der Waals surface area contributed by atoms with E-state index in [1.54, 1.807) is 6.33 Å². The van der Waals surface area contributed by atoms with Crippen LogP contribution in [0.3, 0.4) is 0 Å². The van der Waals surface area contributed by atoms with Crippen molar-refractivity contribution < 1.29 is 9.50 Å².